The van der Waals surface area contributed by atoms with Gasteiger partial charge in [-0.05, 0) is 89.5 Å². The Morgan fingerprint density at radius 1 is 0.794 bits per heavy atom. The van der Waals surface area contributed by atoms with Gasteiger partial charge in [-0.1, -0.05) is 0 Å². The van der Waals surface area contributed by atoms with E-state index in [9.17, 15) is 13.2 Å². The van der Waals surface area contributed by atoms with Gasteiger partial charge in [-0.3, -0.25) is 20.1 Å². The number of amidine groups is 1. The molecule has 8 rings (SSSR count). The van der Waals surface area contributed by atoms with Gasteiger partial charge in [-0.25, -0.2) is 28.1 Å². The van der Waals surface area contributed by atoms with Crippen LogP contribution in [0.3, 0.4) is 0 Å². The second-order valence-electron chi connectivity index (χ2n) is 15.1. The van der Waals surface area contributed by atoms with Crippen LogP contribution in [0.5, 0.6) is 11.5 Å². The molecule has 0 unspecified atom stereocenters. The number of aryl methyl sites for hydroxylation is 3. The molecular weight excluding hydrogens is 814 g/mol. The number of hydrogen-bond acceptors (Lipinski definition) is 11. The van der Waals surface area contributed by atoms with Crippen molar-refractivity contribution >= 4 is 58.9 Å². The minimum absolute atomic E-state index is 0.0196. The second-order valence-corrected chi connectivity index (χ2v) is 15.1. The third kappa shape index (κ3) is 11.6. The first kappa shape index (κ1) is 43.9. The van der Waals surface area contributed by atoms with E-state index in [-0.39, 0.29) is 31.6 Å². The van der Waals surface area contributed by atoms with E-state index in [1.54, 1.807) is 48.6 Å². The van der Waals surface area contributed by atoms with Crippen molar-refractivity contribution in [3.05, 3.63) is 107 Å². The third-order valence-electron chi connectivity index (χ3n) is 10.3. The van der Waals surface area contributed by atoms with Gasteiger partial charge in [0.15, 0.2) is 48.2 Å². The number of H-pyrrole nitrogens is 4. The Hall–Kier alpha value is -7.15. The Balaban J connectivity index is 0.000000201. The van der Waals surface area contributed by atoms with Crippen LogP contribution in [0.25, 0.3) is 21.8 Å². The maximum atomic E-state index is 15.0. The Morgan fingerprint density at radius 3 is 1.98 bits per heavy atom. The van der Waals surface area contributed by atoms with Gasteiger partial charge in [-0.2, -0.15) is 10.2 Å². The standard InChI is InChI=1S/C26H32F2N8O.C18H19FN6O/c1-17-13-19-20(31-17)5-6-22(26(19)28)37-16-30-25(36-11-9-35(8-7-27)10-12-36)15-23(29-2)32-24-14-21(33-34-24)18-3-4-18;1-11-8-13-14(22-11)4-5-15(18(13)19)26-10-21-7-6-16(20-3)23-17-9-12(2)24-25-17/h5-6,13-15,18,31H,2-4,7-12,16H2,1H3,(H2,32,33,34);4-9,22H,3,10H2,1-2H3,(H2,23,24,25)/b23-15+,30-25+;16-6+,21-7-. The fourth-order valence-corrected chi connectivity index (χ4v) is 6.92. The van der Waals surface area contributed by atoms with Crippen molar-refractivity contribution in [2.45, 2.75) is 39.5 Å². The molecule has 63 heavy (non-hydrogen) atoms. The summed E-state index contributed by atoms with van der Waals surface area (Å²) in [6, 6.07) is 14.1. The number of aliphatic imine (C=N–C) groups is 4. The van der Waals surface area contributed by atoms with Crippen molar-refractivity contribution in [1.82, 2.24) is 40.2 Å². The third-order valence-corrected chi connectivity index (χ3v) is 10.3. The maximum Gasteiger partial charge on any atom is 0.181 e. The fourth-order valence-electron chi connectivity index (χ4n) is 6.92. The molecule has 1 saturated carbocycles. The van der Waals surface area contributed by atoms with E-state index < -0.39 is 11.6 Å². The van der Waals surface area contributed by atoms with Crippen LogP contribution < -0.4 is 20.1 Å². The molecule has 6 aromatic rings. The Labute approximate surface area is 362 Å². The Bertz CT molecular complexity index is 2640. The molecule has 0 bridgehead atoms. The first-order chi connectivity index (χ1) is 30.6. The maximum absolute atomic E-state index is 15.0. The van der Waals surface area contributed by atoms with Crippen molar-refractivity contribution in [2.24, 2.45) is 20.0 Å². The SMILES string of the molecule is C=N/C(=C\C(=N/COc1ccc2[nH]c(C)cc2c1F)N1CCN(CCF)CC1)Nc1cc(C2CC2)[nH]n1.C=N/C(=C\C=N/COc1ccc2[nH]c(C)cc2c1F)Nc1cc(C)[nH]n1. The van der Waals surface area contributed by atoms with E-state index in [0.717, 1.165) is 33.8 Å². The predicted octanol–water partition coefficient (Wildman–Crippen LogP) is 7.90. The summed E-state index contributed by atoms with van der Waals surface area (Å²) in [6.45, 7) is 15.5. The smallest absolute Gasteiger partial charge is 0.181 e. The minimum Gasteiger partial charge on any atom is -0.468 e. The molecule has 330 valence electrons. The highest BCUT2D eigenvalue weighted by molar-refractivity contribution is 5.94. The summed E-state index contributed by atoms with van der Waals surface area (Å²) >= 11 is 0. The van der Waals surface area contributed by atoms with Crippen LogP contribution in [0.1, 0.15) is 41.5 Å². The molecule has 0 atom stereocenters. The molecule has 1 aliphatic carbocycles. The van der Waals surface area contributed by atoms with Crippen molar-refractivity contribution in [1.29, 1.82) is 0 Å². The zero-order valence-electron chi connectivity index (χ0n) is 35.4. The van der Waals surface area contributed by atoms with Gasteiger partial charge in [-0.15, -0.1) is 0 Å². The van der Waals surface area contributed by atoms with Crippen molar-refractivity contribution in [3.8, 4) is 11.5 Å². The first-order valence-corrected chi connectivity index (χ1v) is 20.5. The number of ether oxygens (including phenoxy) is 2. The van der Waals surface area contributed by atoms with Crippen LogP contribution in [0.4, 0.5) is 24.8 Å². The number of alkyl halides is 1. The summed E-state index contributed by atoms with van der Waals surface area (Å²) in [6.07, 6.45) is 7.25. The molecule has 1 aliphatic heterocycles. The summed E-state index contributed by atoms with van der Waals surface area (Å²) in [5.41, 5.74) is 5.25. The number of benzene rings is 2. The van der Waals surface area contributed by atoms with Crippen LogP contribution in [-0.4, -0.2) is 119 Å². The molecule has 0 amide bonds. The Kier molecular flexibility index (Phi) is 14.4. The largest absolute Gasteiger partial charge is 0.468 e. The predicted molar refractivity (Wildman–Crippen MR) is 243 cm³/mol. The molecule has 19 heteroatoms. The average Bonchev–Trinajstić information content (AvgIpc) is 3.52. The quantitative estimate of drug-likeness (QED) is 0.0395. The molecule has 2 aromatic carbocycles. The van der Waals surface area contributed by atoms with Gasteiger partial charge < -0.3 is 35.0 Å². The van der Waals surface area contributed by atoms with E-state index in [1.165, 1.54) is 19.1 Å². The van der Waals surface area contributed by atoms with Gasteiger partial charge >= 0.3 is 0 Å². The van der Waals surface area contributed by atoms with E-state index >= 15 is 0 Å². The highest BCUT2D eigenvalue weighted by Gasteiger charge is 2.26. The van der Waals surface area contributed by atoms with Gasteiger partial charge in [0.2, 0.25) is 0 Å². The lowest BCUT2D eigenvalue weighted by atomic mass is 10.2. The number of nitrogens with zero attached hydrogens (tertiary/aromatic N) is 8. The van der Waals surface area contributed by atoms with Crippen molar-refractivity contribution in [2.75, 3.05) is 63.5 Å². The van der Waals surface area contributed by atoms with Gasteiger partial charge in [0.25, 0.3) is 0 Å². The fraction of sp³-hybridized carbons (Fsp3) is 0.318. The molecule has 2 aliphatic rings. The van der Waals surface area contributed by atoms with Crippen LogP contribution in [0, 0.1) is 32.4 Å². The summed E-state index contributed by atoms with van der Waals surface area (Å²) in [5, 5.41) is 21.4. The highest BCUT2D eigenvalue weighted by atomic mass is 19.1. The lowest BCUT2D eigenvalue weighted by Crippen LogP contribution is -2.49. The molecule has 16 nitrogen and oxygen atoms in total. The highest BCUT2D eigenvalue weighted by Crippen LogP contribution is 2.39. The molecular formula is C44H51F3N14O2. The Morgan fingerprint density at radius 2 is 1.40 bits per heavy atom. The first-order valence-electron chi connectivity index (χ1n) is 20.5. The van der Waals surface area contributed by atoms with Crippen LogP contribution in [0.15, 0.2) is 92.3 Å². The van der Waals surface area contributed by atoms with Crippen LogP contribution >= 0.6 is 0 Å². The van der Waals surface area contributed by atoms with Crippen LogP contribution in [-0.2, 0) is 0 Å². The summed E-state index contributed by atoms with van der Waals surface area (Å²) in [4.78, 5) is 27.0. The number of aromatic amines is 4. The summed E-state index contributed by atoms with van der Waals surface area (Å²) in [7, 11) is 0. The van der Waals surface area contributed by atoms with E-state index in [4.69, 9.17) is 9.47 Å². The summed E-state index contributed by atoms with van der Waals surface area (Å²) < 4.78 is 53.2. The molecule has 2 fully saturated rings. The minimum atomic E-state index is -0.422. The lowest BCUT2D eigenvalue weighted by Gasteiger charge is -2.35. The normalized spacial score (nSPS) is 15.2. The summed E-state index contributed by atoms with van der Waals surface area (Å²) in [5.74, 6) is 2.88. The molecule has 6 N–H and O–H groups in total. The van der Waals surface area contributed by atoms with E-state index in [0.29, 0.717) is 78.5 Å². The molecule has 0 radical (unpaired) electrons. The molecule has 0 spiro atoms. The van der Waals surface area contributed by atoms with Gasteiger partial charge in [0, 0.05) is 108 Å². The molecule has 5 heterocycles. The van der Waals surface area contributed by atoms with Crippen molar-refractivity contribution < 1.29 is 22.6 Å². The number of nitrogens with one attached hydrogen (secondary N) is 6. The number of hydrogen-bond donors (Lipinski definition) is 6. The molecule has 4 aromatic heterocycles. The average molecular weight is 865 g/mol. The number of allylic oxidation sites excluding steroid dienone is 1. The number of piperazine rings is 1. The number of anilines is 2. The number of halogens is 3. The lowest BCUT2D eigenvalue weighted by molar-refractivity contribution is 0.171. The monoisotopic (exact) mass is 864 g/mol. The zero-order valence-corrected chi connectivity index (χ0v) is 35.4. The number of rotatable bonds is 17. The zero-order chi connectivity index (χ0) is 44.3. The van der Waals surface area contributed by atoms with E-state index in [1.807, 2.05) is 32.9 Å². The van der Waals surface area contributed by atoms with Gasteiger partial charge in [0.05, 0.1) is 0 Å². The second kappa shape index (κ2) is 20.6. The van der Waals surface area contributed by atoms with Crippen molar-refractivity contribution in [3.63, 3.8) is 0 Å². The number of aromatic nitrogens is 6. The molecule has 1 saturated heterocycles. The van der Waals surface area contributed by atoms with E-state index in [2.05, 4.69) is 84.2 Å². The van der Waals surface area contributed by atoms with Crippen LogP contribution in [0.2, 0.25) is 0 Å². The topological polar surface area (TPSA) is 187 Å². The number of fused-ring (bicyclic) bond motifs is 2. The van der Waals surface area contributed by atoms with Gasteiger partial charge in [0.1, 0.15) is 24.2 Å².